The minimum atomic E-state index is 0.869. The SMILES string of the molecule is C1=CC(c2ccc(N(c3ccc(-n4c5ccccc5c5ccccc54)cc3)c3ccc4c(c3)n(-c3ccccc3)c3nc5c6ccccc6n(-c6ccccc6)c5n43)cc2)=CCC1. The summed E-state index contributed by atoms with van der Waals surface area (Å²) in [6.45, 7) is 0. The van der Waals surface area contributed by atoms with Crippen LogP contribution < -0.4 is 4.90 Å². The van der Waals surface area contributed by atoms with Crippen molar-refractivity contribution in [3.05, 3.63) is 224 Å². The molecule has 13 rings (SSSR count). The van der Waals surface area contributed by atoms with Gasteiger partial charge in [-0.25, -0.2) is 4.98 Å². The second-order valence-corrected chi connectivity index (χ2v) is 16.4. The van der Waals surface area contributed by atoms with Gasteiger partial charge in [0.05, 0.1) is 27.6 Å². The predicted octanol–water partition coefficient (Wildman–Crippen LogP) is 14.7. The number of anilines is 3. The highest BCUT2D eigenvalue weighted by molar-refractivity contribution is 6.10. The molecule has 0 N–H and O–H groups in total. The molecule has 298 valence electrons. The van der Waals surface area contributed by atoms with Crippen LogP contribution in [0.2, 0.25) is 0 Å². The van der Waals surface area contributed by atoms with E-state index in [0.29, 0.717) is 0 Å². The van der Waals surface area contributed by atoms with Gasteiger partial charge in [-0.05, 0) is 121 Å². The van der Waals surface area contributed by atoms with Crippen LogP contribution in [0.4, 0.5) is 17.1 Å². The number of allylic oxidation sites excluding steroid dienone is 4. The van der Waals surface area contributed by atoms with E-state index >= 15 is 0 Å². The number of nitrogens with zero attached hydrogens (tertiary/aromatic N) is 6. The maximum absolute atomic E-state index is 5.50. The summed E-state index contributed by atoms with van der Waals surface area (Å²) < 4.78 is 9.40. The summed E-state index contributed by atoms with van der Waals surface area (Å²) in [6.07, 6.45) is 9.03. The molecule has 1 aliphatic rings. The van der Waals surface area contributed by atoms with Crippen LogP contribution in [0, 0.1) is 0 Å². The molecule has 63 heavy (non-hydrogen) atoms. The summed E-state index contributed by atoms with van der Waals surface area (Å²) in [5.41, 5.74) is 16.7. The van der Waals surface area contributed by atoms with Crippen LogP contribution >= 0.6 is 0 Å². The lowest BCUT2D eigenvalue weighted by Gasteiger charge is -2.26. The lowest BCUT2D eigenvalue weighted by molar-refractivity contribution is 1.04. The van der Waals surface area contributed by atoms with E-state index in [0.717, 1.165) is 85.8 Å². The Balaban J connectivity index is 1.04. The summed E-state index contributed by atoms with van der Waals surface area (Å²) in [5, 5.41) is 3.64. The number of benzene rings is 8. The van der Waals surface area contributed by atoms with Gasteiger partial charge in [0, 0.05) is 50.3 Å². The highest BCUT2D eigenvalue weighted by Gasteiger charge is 2.25. The Hall–Kier alpha value is -8.35. The fourth-order valence-electron chi connectivity index (χ4n) is 9.97. The fraction of sp³-hybridized carbons (Fsp3) is 0.0351. The zero-order valence-electron chi connectivity index (χ0n) is 34.4. The van der Waals surface area contributed by atoms with Gasteiger partial charge in [0.25, 0.3) is 0 Å². The van der Waals surface area contributed by atoms with E-state index in [4.69, 9.17) is 4.98 Å². The third-order valence-corrected chi connectivity index (χ3v) is 12.8. The molecule has 0 saturated heterocycles. The Morgan fingerprint density at radius 1 is 0.413 bits per heavy atom. The predicted molar refractivity (Wildman–Crippen MR) is 262 cm³/mol. The van der Waals surface area contributed by atoms with Crippen molar-refractivity contribution in [2.75, 3.05) is 4.90 Å². The van der Waals surface area contributed by atoms with Crippen LogP contribution in [0.15, 0.2) is 218 Å². The van der Waals surface area contributed by atoms with Crippen LogP contribution in [0.25, 0.3) is 83.3 Å². The maximum atomic E-state index is 5.50. The Morgan fingerprint density at radius 3 is 1.59 bits per heavy atom. The van der Waals surface area contributed by atoms with Crippen LogP contribution in [-0.2, 0) is 0 Å². The van der Waals surface area contributed by atoms with Crippen molar-refractivity contribution in [3.8, 4) is 17.1 Å². The molecule has 0 fully saturated rings. The van der Waals surface area contributed by atoms with Crippen LogP contribution in [-0.4, -0.2) is 23.1 Å². The molecule has 6 heteroatoms. The normalized spacial score (nSPS) is 13.0. The molecule has 0 unspecified atom stereocenters. The molecule has 0 saturated carbocycles. The fourth-order valence-corrected chi connectivity index (χ4v) is 9.97. The molecule has 0 atom stereocenters. The Bertz CT molecular complexity index is 3710. The number of para-hydroxylation sites is 5. The van der Waals surface area contributed by atoms with Crippen LogP contribution in [0.3, 0.4) is 0 Å². The molecule has 0 amide bonds. The highest BCUT2D eigenvalue weighted by Crippen LogP contribution is 2.42. The van der Waals surface area contributed by atoms with Gasteiger partial charge in [0.1, 0.15) is 5.52 Å². The summed E-state index contributed by atoms with van der Waals surface area (Å²) in [7, 11) is 0. The lowest BCUT2D eigenvalue weighted by atomic mass is 9.99. The van der Waals surface area contributed by atoms with Crippen molar-refractivity contribution < 1.29 is 0 Å². The first-order chi connectivity index (χ1) is 31.3. The third-order valence-electron chi connectivity index (χ3n) is 12.8. The van der Waals surface area contributed by atoms with Crippen LogP contribution in [0.1, 0.15) is 18.4 Å². The van der Waals surface area contributed by atoms with Crippen molar-refractivity contribution in [3.63, 3.8) is 0 Å². The van der Waals surface area contributed by atoms with E-state index in [1.807, 2.05) is 0 Å². The summed E-state index contributed by atoms with van der Waals surface area (Å²) in [5.74, 6) is 0.869. The van der Waals surface area contributed by atoms with Crippen molar-refractivity contribution in [2.24, 2.45) is 0 Å². The number of rotatable bonds is 7. The van der Waals surface area contributed by atoms with E-state index in [1.165, 1.54) is 32.9 Å². The number of aromatic nitrogens is 5. The lowest BCUT2D eigenvalue weighted by Crippen LogP contribution is -2.10. The Morgan fingerprint density at radius 2 is 0.952 bits per heavy atom. The van der Waals surface area contributed by atoms with Gasteiger partial charge in [0.15, 0.2) is 5.65 Å². The topological polar surface area (TPSA) is 35.3 Å². The monoisotopic (exact) mass is 808 g/mol. The number of hydrogen-bond donors (Lipinski definition) is 0. The first-order valence-corrected chi connectivity index (χ1v) is 21.7. The smallest absolute Gasteiger partial charge is 0.221 e. The van der Waals surface area contributed by atoms with E-state index in [2.05, 4.69) is 241 Å². The highest BCUT2D eigenvalue weighted by atomic mass is 15.3. The number of imidazole rings is 2. The first-order valence-electron chi connectivity index (χ1n) is 21.7. The van der Waals surface area contributed by atoms with E-state index in [-0.39, 0.29) is 0 Å². The van der Waals surface area contributed by atoms with Gasteiger partial charge in [-0.15, -0.1) is 0 Å². The average Bonchev–Trinajstić information content (AvgIpc) is 4.08. The van der Waals surface area contributed by atoms with E-state index < -0.39 is 0 Å². The molecule has 0 radical (unpaired) electrons. The van der Waals surface area contributed by atoms with E-state index in [9.17, 15) is 0 Å². The quantitative estimate of drug-likeness (QED) is 0.161. The minimum Gasteiger partial charge on any atom is -0.310 e. The number of fused-ring (bicyclic) bond motifs is 10. The maximum Gasteiger partial charge on any atom is 0.221 e. The molecule has 1 aliphatic carbocycles. The van der Waals surface area contributed by atoms with Crippen molar-refractivity contribution >= 4 is 83.3 Å². The minimum absolute atomic E-state index is 0.869. The molecule has 4 heterocycles. The van der Waals surface area contributed by atoms with Gasteiger partial charge in [-0.3, -0.25) is 13.5 Å². The standard InChI is InChI=1S/C57H40N6/c1-4-16-39(17-5-1)40-28-30-43(31-29-40)59(44-32-34-45(35-33-44)60-50-25-13-10-22-47(50)48-23-11-14-26-51(48)60)46-36-37-53-54(38-46)62(42-20-8-3-9-21-42)57-58-55-49-24-12-15-27-52(49)61(56(55)63(53)57)41-18-6-2-7-19-41/h2-4,6-38H,1,5H2. The van der Waals surface area contributed by atoms with Crippen molar-refractivity contribution in [2.45, 2.75) is 12.8 Å². The average molecular weight is 809 g/mol. The molecule has 8 aromatic carbocycles. The summed E-state index contributed by atoms with van der Waals surface area (Å²) >= 11 is 0. The second-order valence-electron chi connectivity index (χ2n) is 16.4. The first kappa shape index (κ1) is 35.4. The molecule has 6 nitrogen and oxygen atoms in total. The zero-order chi connectivity index (χ0) is 41.4. The second kappa shape index (κ2) is 14.1. The summed E-state index contributed by atoms with van der Waals surface area (Å²) in [6, 6.07) is 72.2. The molecule has 4 aromatic heterocycles. The Kier molecular flexibility index (Phi) is 7.93. The van der Waals surface area contributed by atoms with Gasteiger partial charge in [0.2, 0.25) is 5.78 Å². The van der Waals surface area contributed by atoms with Crippen LogP contribution in [0.5, 0.6) is 0 Å². The molecular formula is C57H40N6. The molecule has 0 bridgehead atoms. The van der Waals surface area contributed by atoms with Crippen molar-refractivity contribution in [1.29, 1.82) is 0 Å². The molecule has 0 spiro atoms. The molecule has 12 aromatic rings. The molecular weight excluding hydrogens is 769 g/mol. The molecule has 0 aliphatic heterocycles. The van der Waals surface area contributed by atoms with Gasteiger partial charge in [-0.1, -0.05) is 121 Å². The van der Waals surface area contributed by atoms with Gasteiger partial charge in [-0.2, -0.15) is 0 Å². The third kappa shape index (κ3) is 5.48. The largest absolute Gasteiger partial charge is 0.310 e. The van der Waals surface area contributed by atoms with Crippen molar-refractivity contribution in [1.82, 2.24) is 23.1 Å². The van der Waals surface area contributed by atoms with Gasteiger partial charge < -0.3 is 9.47 Å². The summed E-state index contributed by atoms with van der Waals surface area (Å²) in [4.78, 5) is 7.88. The van der Waals surface area contributed by atoms with E-state index in [1.54, 1.807) is 0 Å². The zero-order valence-corrected chi connectivity index (χ0v) is 34.4. The Labute approximate surface area is 363 Å². The van der Waals surface area contributed by atoms with Gasteiger partial charge >= 0.3 is 0 Å². The number of hydrogen-bond acceptors (Lipinski definition) is 2.